The van der Waals surface area contributed by atoms with Gasteiger partial charge in [0.05, 0.1) is 10.4 Å². The van der Waals surface area contributed by atoms with Gasteiger partial charge in [-0.15, -0.1) is 0 Å². The van der Waals surface area contributed by atoms with Crippen molar-refractivity contribution in [3.63, 3.8) is 0 Å². The molecular weight excluding hydrogens is 308 g/mol. The predicted molar refractivity (Wildman–Crippen MR) is 94.5 cm³/mol. The molecule has 0 bridgehead atoms. The molecule has 0 spiro atoms. The maximum Gasteiger partial charge on any atom is 0.264 e. The Morgan fingerprint density at radius 1 is 1.09 bits per heavy atom. The van der Waals surface area contributed by atoms with Gasteiger partial charge in [0.25, 0.3) is 5.56 Å². The highest BCUT2D eigenvalue weighted by Crippen LogP contribution is 2.28. The van der Waals surface area contributed by atoms with Gasteiger partial charge >= 0.3 is 0 Å². The largest absolute Gasteiger partial charge is 0.309 e. The minimum atomic E-state index is -0.0528. The Hall–Kier alpha value is -2.10. The average Bonchev–Trinajstić information content (AvgIpc) is 3.09. The van der Waals surface area contributed by atoms with Gasteiger partial charge in [-0.2, -0.15) is 0 Å². The molecule has 2 aromatic carbocycles. The predicted octanol–water partition coefficient (Wildman–Crippen LogP) is 4.07. The summed E-state index contributed by atoms with van der Waals surface area (Å²) in [6.45, 7) is 0.987. The number of halogens is 1. The number of benzene rings is 2. The minimum Gasteiger partial charge on any atom is -0.309 e. The molecule has 4 heteroatoms. The topological polar surface area (TPSA) is 34.0 Å². The first-order valence-electron chi connectivity index (χ1n) is 7.89. The number of hydrogen-bond acceptors (Lipinski definition) is 2. The van der Waals surface area contributed by atoms with E-state index in [1.165, 1.54) is 0 Å². The number of nitrogens with zero attached hydrogens (tertiary/aromatic N) is 1. The van der Waals surface area contributed by atoms with Crippen molar-refractivity contribution < 1.29 is 0 Å². The van der Waals surface area contributed by atoms with E-state index < -0.39 is 0 Å². The van der Waals surface area contributed by atoms with Gasteiger partial charge in [-0.05, 0) is 49.0 Å². The third kappa shape index (κ3) is 2.46. The third-order valence-electron chi connectivity index (χ3n) is 4.46. The van der Waals surface area contributed by atoms with Gasteiger partial charge < -0.3 is 5.32 Å². The molecule has 1 aromatic heterocycles. The van der Waals surface area contributed by atoms with Gasteiger partial charge in [0.2, 0.25) is 0 Å². The van der Waals surface area contributed by atoms with Gasteiger partial charge in [-0.3, -0.25) is 9.36 Å². The summed E-state index contributed by atoms with van der Waals surface area (Å²) in [5.41, 5.74) is 1.83. The van der Waals surface area contributed by atoms with E-state index in [1.54, 1.807) is 10.6 Å². The highest BCUT2D eigenvalue weighted by molar-refractivity contribution is 6.35. The summed E-state index contributed by atoms with van der Waals surface area (Å²) in [5.74, 6) is 0. The summed E-state index contributed by atoms with van der Waals surface area (Å²) in [6, 6.07) is 17.7. The molecule has 1 unspecified atom stereocenters. The van der Waals surface area contributed by atoms with E-state index in [0.29, 0.717) is 10.4 Å². The monoisotopic (exact) mass is 324 g/mol. The quantitative estimate of drug-likeness (QED) is 0.771. The molecule has 1 N–H and O–H groups in total. The van der Waals surface area contributed by atoms with Gasteiger partial charge in [0, 0.05) is 17.4 Å². The molecule has 0 amide bonds. The molecule has 3 aromatic rings. The Kier molecular flexibility index (Phi) is 3.68. The van der Waals surface area contributed by atoms with Crippen molar-refractivity contribution in [2.75, 3.05) is 6.54 Å². The first-order valence-corrected chi connectivity index (χ1v) is 8.26. The van der Waals surface area contributed by atoms with Crippen molar-refractivity contribution in [2.24, 2.45) is 0 Å². The number of hydrogen-bond donors (Lipinski definition) is 1. The van der Waals surface area contributed by atoms with Crippen molar-refractivity contribution in [1.82, 2.24) is 9.88 Å². The molecule has 23 heavy (non-hydrogen) atoms. The van der Waals surface area contributed by atoms with Crippen LogP contribution >= 0.6 is 11.6 Å². The van der Waals surface area contributed by atoms with Gasteiger partial charge in [0.15, 0.2) is 0 Å². The lowest BCUT2D eigenvalue weighted by molar-refractivity contribution is 0.607. The van der Waals surface area contributed by atoms with Crippen molar-refractivity contribution in [3.05, 3.63) is 75.7 Å². The SMILES string of the molecule is O=c1c2c(Cl)cccc2cc(C2CCCN2)n1-c1ccccc1. The third-order valence-corrected chi connectivity index (χ3v) is 4.77. The summed E-state index contributed by atoms with van der Waals surface area (Å²) in [5, 5.41) is 5.48. The summed E-state index contributed by atoms with van der Waals surface area (Å²) in [4.78, 5) is 13.2. The molecule has 116 valence electrons. The molecule has 4 rings (SSSR count). The first kappa shape index (κ1) is 14.5. The van der Waals surface area contributed by atoms with Crippen LogP contribution in [-0.2, 0) is 0 Å². The fourth-order valence-corrected chi connectivity index (χ4v) is 3.64. The Morgan fingerprint density at radius 3 is 2.65 bits per heavy atom. The molecule has 0 aliphatic carbocycles. The molecule has 0 saturated carbocycles. The van der Waals surface area contributed by atoms with E-state index in [9.17, 15) is 4.79 Å². The van der Waals surface area contributed by atoms with Crippen LogP contribution in [0.15, 0.2) is 59.4 Å². The smallest absolute Gasteiger partial charge is 0.264 e. The average molecular weight is 325 g/mol. The van der Waals surface area contributed by atoms with E-state index in [1.807, 2.05) is 42.5 Å². The van der Waals surface area contributed by atoms with Crippen LogP contribution in [0.3, 0.4) is 0 Å². The molecular formula is C19H17ClN2O. The molecule has 3 nitrogen and oxygen atoms in total. The summed E-state index contributed by atoms with van der Waals surface area (Å²) in [6.07, 6.45) is 2.17. The number of aromatic nitrogens is 1. The second-order valence-electron chi connectivity index (χ2n) is 5.90. The Labute approximate surface area is 139 Å². The molecule has 1 aliphatic rings. The maximum atomic E-state index is 13.2. The summed E-state index contributed by atoms with van der Waals surface area (Å²) in [7, 11) is 0. The van der Waals surface area contributed by atoms with E-state index in [0.717, 1.165) is 36.2 Å². The van der Waals surface area contributed by atoms with Crippen molar-refractivity contribution in [3.8, 4) is 5.69 Å². The van der Waals surface area contributed by atoms with Crippen LogP contribution in [0.25, 0.3) is 16.5 Å². The van der Waals surface area contributed by atoms with E-state index in [-0.39, 0.29) is 11.6 Å². The van der Waals surface area contributed by atoms with Crippen LogP contribution in [0.1, 0.15) is 24.6 Å². The zero-order chi connectivity index (χ0) is 15.8. The number of rotatable bonds is 2. The van der Waals surface area contributed by atoms with Crippen molar-refractivity contribution in [1.29, 1.82) is 0 Å². The maximum absolute atomic E-state index is 13.2. The molecule has 0 radical (unpaired) electrons. The van der Waals surface area contributed by atoms with E-state index in [4.69, 9.17) is 11.6 Å². The Bertz CT molecular complexity index is 912. The second kappa shape index (κ2) is 5.84. The van der Waals surface area contributed by atoms with Crippen molar-refractivity contribution in [2.45, 2.75) is 18.9 Å². The zero-order valence-electron chi connectivity index (χ0n) is 12.6. The van der Waals surface area contributed by atoms with Crippen LogP contribution in [0.4, 0.5) is 0 Å². The highest BCUT2D eigenvalue weighted by Gasteiger charge is 2.22. The number of pyridine rings is 1. The standard InChI is InChI=1S/C19H17ClN2O/c20-15-9-4-6-13-12-17(16-10-5-11-21-16)22(19(23)18(13)15)14-7-2-1-3-8-14/h1-4,6-9,12,16,21H,5,10-11H2. The van der Waals surface area contributed by atoms with Gasteiger partial charge in [-0.1, -0.05) is 41.9 Å². The number of nitrogens with one attached hydrogen (secondary N) is 1. The Balaban J connectivity index is 2.08. The number of para-hydroxylation sites is 1. The molecule has 1 aliphatic heterocycles. The fraction of sp³-hybridized carbons (Fsp3) is 0.211. The normalized spacial score (nSPS) is 17.7. The molecule has 1 saturated heterocycles. The van der Waals surface area contributed by atoms with E-state index >= 15 is 0 Å². The Morgan fingerprint density at radius 2 is 1.91 bits per heavy atom. The van der Waals surface area contributed by atoms with Gasteiger partial charge in [0.1, 0.15) is 0 Å². The number of fused-ring (bicyclic) bond motifs is 1. The lowest BCUT2D eigenvalue weighted by atomic mass is 10.1. The lowest BCUT2D eigenvalue weighted by Crippen LogP contribution is -2.27. The molecule has 1 fully saturated rings. The fourth-order valence-electron chi connectivity index (χ4n) is 3.38. The highest BCUT2D eigenvalue weighted by atomic mass is 35.5. The van der Waals surface area contributed by atoms with Crippen LogP contribution in [0.2, 0.25) is 5.02 Å². The summed E-state index contributed by atoms with van der Waals surface area (Å²) < 4.78 is 1.80. The molecule has 1 atom stereocenters. The lowest BCUT2D eigenvalue weighted by Gasteiger charge is -2.19. The zero-order valence-corrected chi connectivity index (χ0v) is 13.4. The van der Waals surface area contributed by atoms with E-state index in [2.05, 4.69) is 11.4 Å². The van der Waals surface area contributed by atoms with Crippen LogP contribution in [0, 0.1) is 0 Å². The van der Waals surface area contributed by atoms with Crippen LogP contribution in [0.5, 0.6) is 0 Å². The first-order chi connectivity index (χ1) is 11.3. The minimum absolute atomic E-state index is 0.0528. The second-order valence-corrected chi connectivity index (χ2v) is 6.31. The van der Waals surface area contributed by atoms with Gasteiger partial charge in [-0.25, -0.2) is 0 Å². The van der Waals surface area contributed by atoms with Crippen LogP contribution in [-0.4, -0.2) is 11.1 Å². The van der Waals surface area contributed by atoms with Crippen LogP contribution < -0.4 is 10.9 Å². The molecule has 2 heterocycles. The van der Waals surface area contributed by atoms with Crippen molar-refractivity contribution >= 4 is 22.4 Å². The summed E-state index contributed by atoms with van der Waals surface area (Å²) >= 11 is 6.30.